The number of anilines is 1. The van der Waals surface area contributed by atoms with E-state index in [9.17, 15) is 14.9 Å². The Morgan fingerprint density at radius 3 is 2.64 bits per heavy atom. The molecule has 6 nitrogen and oxygen atoms in total. The monoisotopic (exact) mass is 295 g/mol. The number of carbonyl (C=O) groups excluding carboxylic acids is 1. The number of aromatic nitrogens is 1. The second-order valence-corrected chi connectivity index (χ2v) is 4.82. The van der Waals surface area contributed by atoms with Gasteiger partial charge in [-0.2, -0.15) is 0 Å². The lowest BCUT2D eigenvalue weighted by Crippen LogP contribution is -2.18. The zero-order valence-corrected chi connectivity index (χ0v) is 11.6. The van der Waals surface area contributed by atoms with Crippen molar-refractivity contribution in [2.75, 3.05) is 5.32 Å². The number of nitrogens with one attached hydrogen (secondary N) is 1. The van der Waals surface area contributed by atoms with Crippen LogP contribution < -0.4 is 5.32 Å². The van der Waals surface area contributed by atoms with Crippen LogP contribution >= 0.6 is 0 Å². The molecular weight excluding hydrogens is 282 g/mol. The van der Waals surface area contributed by atoms with Crippen molar-refractivity contribution >= 4 is 28.2 Å². The number of nitro groups is 1. The number of nitro benzene ring substituents is 1. The van der Waals surface area contributed by atoms with Gasteiger partial charge in [-0.05, 0) is 23.6 Å². The standard InChI is InChI=1S/C16H13N3O3/c20-16(17-13-6-2-4-8-15(13)19(21)22)11-18-10-9-12-5-1-3-7-14(12)18/h1-10H,11H2,(H,17,20). The van der Waals surface area contributed by atoms with Crippen LogP contribution in [0.3, 0.4) is 0 Å². The SMILES string of the molecule is O=C(Cn1ccc2ccccc21)Nc1ccccc1[N+](=O)[O-]. The third-order valence-electron chi connectivity index (χ3n) is 3.37. The molecule has 6 heteroatoms. The molecule has 0 fully saturated rings. The normalized spacial score (nSPS) is 10.5. The largest absolute Gasteiger partial charge is 0.338 e. The Bertz CT molecular complexity index is 854. The number of carbonyl (C=O) groups is 1. The summed E-state index contributed by atoms with van der Waals surface area (Å²) in [5, 5.41) is 14.6. The minimum Gasteiger partial charge on any atom is -0.338 e. The first-order valence-electron chi connectivity index (χ1n) is 6.72. The van der Waals surface area contributed by atoms with E-state index in [4.69, 9.17) is 0 Å². The molecule has 1 N–H and O–H groups in total. The Balaban J connectivity index is 1.80. The Hall–Kier alpha value is -3.15. The van der Waals surface area contributed by atoms with Crippen LogP contribution in [-0.2, 0) is 11.3 Å². The minimum atomic E-state index is -0.513. The summed E-state index contributed by atoms with van der Waals surface area (Å²) in [4.78, 5) is 22.6. The smallest absolute Gasteiger partial charge is 0.292 e. The molecule has 0 saturated heterocycles. The maximum Gasteiger partial charge on any atom is 0.292 e. The fourth-order valence-corrected chi connectivity index (χ4v) is 2.36. The highest BCUT2D eigenvalue weighted by Crippen LogP contribution is 2.23. The van der Waals surface area contributed by atoms with Crippen molar-refractivity contribution in [3.05, 3.63) is 70.9 Å². The first-order chi connectivity index (χ1) is 10.6. The predicted octanol–water partition coefficient (Wildman–Crippen LogP) is 3.19. The van der Waals surface area contributed by atoms with Gasteiger partial charge in [0, 0.05) is 17.8 Å². The number of hydrogen-bond acceptors (Lipinski definition) is 3. The second kappa shape index (κ2) is 5.69. The average Bonchev–Trinajstić information content (AvgIpc) is 2.91. The molecule has 0 aliphatic heterocycles. The van der Waals surface area contributed by atoms with Crippen LogP contribution in [0.15, 0.2) is 60.8 Å². The van der Waals surface area contributed by atoms with E-state index in [-0.39, 0.29) is 23.8 Å². The van der Waals surface area contributed by atoms with Crippen LogP contribution in [0, 0.1) is 10.1 Å². The Morgan fingerprint density at radius 2 is 1.82 bits per heavy atom. The van der Waals surface area contributed by atoms with Crippen LogP contribution in [-0.4, -0.2) is 15.4 Å². The van der Waals surface area contributed by atoms with Gasteiger partial charge in [0.1, 0.15) is 12.2 Å². The van der Waals surface area contributed by atoms with Gasteiger partial charge in [-0.3, -0.25) is 14.9 Å². The summed E-state index contributed by atoms with van der Waals surface area (Å²) in [6, 6.07) is 15.7. The molecule has 2 aromatic carbocycles. The molecule has 0 bridgehead atoms. The second-order valence-electron chi connectivity index (χ2n) is 4.82. The van der Waals surface area contributed by atoms with Crippen molar-refractivity contribution in [1.82, 2.24) is 4.57 Å². The van der Waals surface area contributed by atoms with E-state index >= 15 is 0 Å². The van der Waals surface area contributed by atoms with Gasteiger partial charge in [-0.1, -0.05) is 30.3 Å². The summed E-state index contributed by atoms with van der Waals surface area (Å²) in [7, 11) is 0. The first-order valence-corrected chi connectivity index (χ1v) is 6.72. The molecule has 0 saturated carbocycles. The van der Waals surface area contributed by atoms with E-state index in [0.717, 1.165) is 10.9 Å². The summed E-state index contributed by atoms with van der Waals surface area (Å²) in [5.41, 5.74) is 1.03. The van der Waals surface area contributed by atoms with Gasteiger partial charge in [-0.25, -0.2) is 0 Å². The van der Waals surface area contributed by atoms with Crippen molar-refractivity contribution in [3.63, 3.8) is 0 Å². The highest BCUT2D eigenvalue weighted by atomic mass is 16.6. The van der Waals surface area contributed by atoms with E-state index in [1.165, 1.54) is 12.1 Å². The van der Waals surface area contributed by atoms with Crippen molar-refractivity contribution in [1.29, 1.82) is 0 Å². The summed E-state index contributed by atoms with van der Waals surface area (Å²) < 4.78 is 1.80. The quantitative estimate of drug-likeness (QED) is 0.593. The van der Waals surface area contributed by atoms with Crippen LogP contribution in [0.25, 0.3) is 10.9 Å². The highest BCUT2D eigenvalue weighted by Gasteiger charge is 2.15. The molecular formula is C16H13N3O3. The zero-order chi connectivity index (χ0) is 15.5. The third-order valence-corrected chi connectivity index (χ3v) is 3.37. The molecule has 0 radical (unpaired) electrons. The van der Waals surface area contributed by atoms with Crippen molar-refractivity contribution in [2.24, 2.45) is 0 Å². The molecule has 1 heterocycles. The fourth-order valence-electron chi connectivity index (χ4n) is 2.36. The number of hydrogen-bond donors (Lipinski definition) is 1. The fraction of sp³-hybridized carbons (Fsp3) is 0.0625. The van der Waals surface area contributed by atoms with Crippen molar-refractivity contribution in [2.45, 2.75) is 6.54 Å². The number of amides is 1. The van der Waals surface area contributed by atoms with E-state index in [1.54, 1.807) is 16.7 Å². The molecule has 1 amide bonds. The molecule has 0 aliphatic rings. The molecule has 0 spiro atoms. The van der Waals surface area contributed by atoms with Crippen LogP contribution in [0.1, 0.15) is 0 Å². The van der Waals surface area contributed by atoms with E-state index in [0.29, 0.717) is 0 Å². The summed E-state index contributed by atoms with van der Waals surface area (Å²) in [6.07, 6.45) is 1.82. The maximum absolute atomic E-state index is 12.1. The van der Waals surface area contributed by atoms with Crippen LogP contribution in [0.2, 0.25) is 0 Å². The lowest BCUT2D eigenvalue weighted by atomic mass is 10.2. The summed E-state index contributed by atoms with van der Waals surface area (Å²) >= 11 is 0. The highest BCUT2D eigenvalue weighted by molar-refractivity contribution is 5.94. The summed E-state index contributed by atoms with van der Waals surface area (Å²) in [5.74, 6) is -0.310. The lowest BCUT2D eigenvalue weighted by molar-refractivity contribution is -0.383. The molecule has 3 rings (SSSR count). The lowest BCUT2D eigenvalue weighted by Gasteiger charge is -2.07. The molecule has 0 atom stereocenters. The zero-order valence-electron chi connectivity index (χ0n) is 11.6. The van der Waals surface area contributed by atoms with Crippen molar-refractivity contribution in [3.8, 4) is 0 Å². The average molecular weight is 295 g/mol. The molecule has 1 aromatic heterocycles. The number of rotatable bonds is 4. The van der Waals surface area contributed by atoms with Gasteiger partial charge >= 0.3 is 0 Å². The summed E-state index contributed by atoms with van der Waals surface area (Å²) in [6.45, 7) is 0.0968. The Kier molecular flexibility index (Phi) is 3.57. The van der Waals surface area contributed by atoms with Gasteiger partial charge in [-0.15, -0.1) is 0 Å². The van der Waals surface area contributed by atoms with E-state index in [2.05, 4.69) is 5.32 Å². The minimum absolute atomic E-state index is 0.0968. The van der Waals surface area contributed by atoms with Gasteiger partial charge in [0.2, 0.25) is 5.91 Å². The Labute approximate surface area is 126 Å². The van der Waals surface area contributed by atoms with Crippen molar-refractivity contribution < 1.29 is 9.72 Å². The Morgan fingerprint density at radius 1 is 1.09 bits per heavy atom. The molecule has 0 aliphatic carbocycles. The van der Waals surface area contributed by atoms with Gasteiger partial charge in [0.05, 0.1) is 4.92 Å². The third kappa shape index (κ3) is 2.67. The molecule has 110 valence electrons. The topological polar surface area (TPSA) is 77.2 Å². The molecule has 0 unspecified atom stereocenters. The van der Waals surface area contributed by atoms with E-state index < -0.39 is 4.92 Å². The number of para-hydroxylation sites is 3. The molecule has 3 aromatic rings. The van der Waals surface area contributed by atoms with Crippen LogP contribution in [0.4, 0.5) is 11.4 Å². The van der Waals surface area contributed by atoms with Gasteiger partial charge in [0.25, 0.3) is 5.69 Å². The van der Waals surface area contributed by atoms with Crippen LogP contribution in [0.5, 0.6) is 0 Å². The number of benzene rings is 2. The van der Waals surface area contributed by atoms with Gasteiger partial charge in [0.15, 0.2) is 0 Å². The van der Waals surface area contributed by atoms with E-state index in [1.807, 2.05) is 36.5 Å². The first kappa shape index (κ1) is 13.8. The number of nitrogens with zero attached hydrogens (tertiary/aromatic N) is 2. The number of fused-ring (bicyclic) bond motifs is 1. The maximum atomic E-state index is 12.1. The van der Waals surface area contributed by atoms with Gasteiger partial charge < -0.3 is 9.88 Å². The molecule has 22 heavy (non-hydrogen) atoms. The predicted molar refractivity (Wildman–Crippen MR) is 83.7 cm³/mol.